The largest absolute Gasteiger partial charge is 0.321 e. The summed E-state index contributed by atoms with van der Waals surface area (Å²) in [5.74, 6) is 1.21. The van der Waals surface area contributed by atoms with Crippen molar-refractivity contribution in [3.05, 3.63) is 53.8 Å². The highest BCUT2D eigenvalue weighted by Crippen LogP contribution is 2.41. The summed E-state index contributed by atoms with van der Waals surface area (Å²) in [6, 6.07) is 13.3. The summed E-state index contributed by atoms with van der Waals surface area (Å²) < 4.78 is 15.7. The Labute approximate surface area is 127 Å². The lowest BCUT2D eigenvalue weighted by atomic mass is 10.1. The molecule has 0 spiro atoms. The summed E-state index contributed by atoms with van der Waals surface area (Å²) in [4.78, 5) is 4.70. The van der Waals surface area contributed by atoms with Gasteiger partial charge in [-0.15, -0.1) is 11.6 Å². The summed E-state index contributed by atoms with van der Waals surface area (Å²) in [6.07, 6.45) is 2.27. The quantitative estimate of drug-likeness (QED) is 0.628. The minimum absolute atomic E-state index is 0.215. The highest BCUT2D eigenvalue weighted by atomic mass is 35.5. The van der Waals surface area contributed by atoms with Crippen molar-refractivity contribution < 1.29 is 4.39 Å². The molecular formula is C17H14ClFN2. The Morgan fingerprint density at radius 1 is 1.14 bits per heavy atom. The van der Waals surface area contributed by atoms with Gasteiger partial charge in [0.15, 0.2) is 0 Å². The van der Waals surface area contributed by atoms with Gasteiger partial charge < -0.3 is 4.57 Å². The molecule has 0 saturated heterocycles. The predicted molar refractivity (Wildman–Crippen MR) is 83.0 cm³/mol. The molecule has 0 amide bonds. The third-order valence-electron chi connectivity index (χ3n) is 3.93. The fourth-order valence-electron chi connectivity index (χ4n) is 2.72. The van der Waals surface area contributed by atoms with Crippen molar-refractivity contribution in [1.29, 1.82) is 0 Å². The van der Waals surface area contributed by atoms with Gasteiger partial charge in [-0.3, -0.25) is 0 Å². The lowest BCUT2D eigenvalue weighted by Crippen LogP contribution is -1.97. The maximum atomic E-state index is 13.6. The molecule has 0 unspecified atom stereocenters. The molecule has 1 aliphatic rings. The van der Waals surface area contributed by atoms with Crippen LogP contribution in [0.3, 0.4) is 0 Å². The van der Waals surface area contributed by atoms with Gasteiger partial charge in [-0.25, -0.2) is 9.37 Å². The average molecular weight is 301 g/mol. The molecular weight excluding hydrogens is 287 g/mol. The first kappa shape index (κ1) is 12.8. The summed E-state index contributed by atoms with van der Waals surface area (Å²) in [5, 5.41) is 0. The molecule has 4 rings (SSSR count). The third kappa shape index (κ3) is 2.22. The van der Waals surface area contributed by atoms with E-state index in [1.165, 1.54) is 6.07 Å². The van der Waals surface area contributed by atoms with E-state index in [-0.39, 0.29) is 5.82 Å². The molecule has 0 bridgehead atoms. The van der Waals surface area contributed by atoms with Crippen molar-refractivity contribution in [3.8, 4) is 11.4 Å². The number of benzene rings is 2. The van der Waals surface area contributed by atoms with E-state index in [1.54, 1.807) is 12.1 Å². The summed E-state index contributed by atoms with van der Waals surface area (Å²) in [6.45, 7) is 0. The number of aromatic nitrogens is 2. The molecule has 1 heterocycles. The van der Waals surface area contributed by atoms with E-state index < -0.39 is 0 Å². The normalized spacial score (nSPS) is 14.8. The fourth-order valence-corrected chi connectivity index (χ4v) is 2.89. The zero-order valence-corrected chi connectivity index (χ0v) is 12.1. The Balaban J connectivity index is 1.92. The van der Waals surface area contributed by atoms with Gasteiger partial charge in [0.2, 0.25) is 0 Å². The van der Waals surface area contributed by atoms with Gasteiger partial charge in [-0.2, -0.15) is 0 Å². The maximum absolute atomic E-state index is 13.6. The van der Waals surface area contributed by atoms with Crippen LogP contribution in [0.2, 0.25) is 0 Å². The van der Waals surface area contributed by atoms with E-state index >= 15 is 0 Å². The molecule has 0 atom stereocenters. The van der Waals surface area contributed by atoms with Crippen LogP contribution < -0.4 is 0 Å². The van der Waals surface area contributed by atoms with E-state index in [9.17, 15) is 4.39 Å². The van der Waals surface area contributed by atoms with Gasteiger partial charge >= 0.3 is 0 Å². The van der Waals surface area contributed by atoms with Crippen molar-refractivity contribution in [2.24, 2.45) is 0 Å². The van der Waals surface area contributed by atoms with Gasteiger partial charge in [0.05, 0.1) is 11.0 Å². The first-order chi connectivity index (χ1) is 10.3. The van der Waals surface area contributed by atoms with Gasteiger partial charge in [0, 0.05) is 17.5 Å². The molecule has 21 heavy (non-hydrogen) atoms. The smallest absolute Gasteiger partial charge is 0.141 e. The fraction of sp³-hybridized carbons (Fsp3) is 0.235. The molecule has 106 valence electrons. The van der Waals surface area contributed by atoms with Crippen LogP contribution in [0, 0.1) is 5.82 Å². The van der Waals surface area contributed by atoms with E-state index in [2.05, 4.69) is 4.57 Å². The standard InChI is InChI=1S/C17H14ClFN2/c18-10-11-1-3-12(4-2-11)17-20-15-8-5-13(19)9-16(15)21(17)14-6-7-14/h1-5,8-9,14H,6-7,10H2. The Kier molecular flexibility index (Phi) is 2.96. The van der Waals surface area contributed by atoms with Gasteiger partial charge in [0.1, 0.15) is 11.6 Å². The summed E-state index contributed by atoms with van der Waals surface area (Å²) in [5.41, 5.74) is 3.86. The van der Waals surface area contributed by atoms with Crippen molar-refractivity contribution in [3.63, 3.8) is 0 Å². The zero-order valence-electron chi connectivity index (χ0n) is 11.4. The number of rotatable bonds is 3. The number of fused-ring (bicyclic) bond motifs is 1. The lowest BCUT2D eigenvalue weighted by Gasteiger charge is -2.08. The predicted octanol–water partition coefficient (Wildman–Crippen LogP) is 4.92. The second-order valence-corrected chi connectivity index (χ2v) is 5.77. The van der Waals surface area contributed by atoms with Crippen LogP contribution in [-0.4, -0.2) is 9.55 Å². The van der Waals surface area contributed by atoms with E-state index in [0.717, 1.165) is 40.8 Å². The summed E-state index contributed by atoms with van der Waals surface area (Å²) in [7, 11) is 0. The van der Waals surface area contributed by atoms with Crippen LogP contribution >= 0.6 is 11.6 Å². The number of halogens is 2. The molecule has 1 fully saturated rings. The Morgan fingerprint density at radius 2 is 1.90 bits per heavy atom. The van der Waals surface area contributed by atoms with E-state index in [0.29, 0.717) is 11.9 Å². The first-order valence-electron chi connectivity index (χ1n) is 7.09. The summed E-state index contributed by atoms with van der Waals surface area (Å²) >= 11 is 5.84. The van der Waals surface area contributed by atoms with Crippen LogP contribution in [0.1, 0.15) is 24.4 Å². The lowest BCUT2D eigenvalue weighted by molar-refractivity contribution is 0.628. The molecule has 0 N–H and O–H groups in total. The van der Waals surface area contributed by atoms with Crippen LogP contribution in [0.15, 0.2) is 42.5 Å². The molecule has 1 aromatic heterocycles. The Morgan fingerprint density at radius 3 is 2.57 bits per heavy atom. The van der Waals surface area contributed by atoms with Crippen LogP contribution in [-0.2, 0) is 5.88 Å². The number of nitrogens with zero attached hydrogens (tertiary/aromatic N) is 2. The molecule has 2 nitrogen and oxygen atoms in total. The number of hydrogen-bond donors (Lipinski definition) is 0. The highest BCUT2D eigenvalue weighted by molar-refractivity contribution is 6.17. The van der Waals surface area contributed by atoms with E-state index in [4.69, 9.17) is 16.6 Å². The first-order valence-corrected chi connectivity index (χ1v) is 7.62. The van der Waals surface area contributed by atoms with Gasteiger partial charge in [-0.1, -0.05) is 24.3 Å². The van der Waals surface area contributed by atoms with Crippen LogP contribution in [0.4, 0.5) is 4.39 Å². The molecule has 1 saturated carbocycles. The highest BCUT2D eigenvalue weighted by Gasteiger charge is 2.28. The molecule has 0 radical (unpaired) electrons. The SMILES string of the molecule is Fc1ccc2nc(-c3ccc(CCl)cc3)n(C3CC3)c2c1. The molecule has 0 aliphatic heterocycles. The van der Waals surface area contributed by atoms with Crippen LogP contribution in [0.25, 0.3) is 22.4 Å². The Bertz CT molecular complexity index is 804. The molecule has 4 heteroatoms. The second kappa shape index (κ2) is 4.85. The van der Waals surface area contributed by atoms with Gasteiger partial charge in [0.25, 0.3) is 0 Å². The Hall–Kier alpha value is -1.87. The van der Waals surface area contributed by atoms with Gasteiger partial charge in [-0.05, 0) is 36.6 Å². The van der Waals surface area contributed by atoms with E-state index in [1.807, 2.05) is 24.3 Å². The second-order valence-electron chi connectivity index (χ2n) is 5.50. The van der Waals surface area contributed by atoms with Crippen molar-refractivity contribution in [1.82, 2.24) is 9.55 Å². The number of imidazole rings is 1. The third-order valence-corrected chi connectivity index (χ3v) is 4.24. The topological polar surface area (TPSA) is 17.8 Å². The van der Waals surface area contributed by atoms with Crippen LogP contribution in [0.5, 0.6) is 0 Å². The maximum Gasteiger partial charge on any atom is 0.141 e. The number of hydrogen-bond acceptors (Lipinski definition) is 1. The minimum Gasteiger partial charge on any atom is -0.321 e. The molecule has 1 aliphatic carbocycles. The van der Waals surface area contributed by atoms with Crippen molar-refractivity contribution >= 4 is 22.6 Å². The molecule has 3 aromatic rings. The average Bonchev–Trinajstić information content (AvgIpc) is 3.28. The monoisotopic (exact) mass is 300 g/mol. The van der Waals surface area contributed by atoms with Crippen molar-refractivity contribution in [2.45, 2.75) is 24.8 Å². The van der Waals surface area contributed by atoms with Crippen molar-refractivity contribution in [2.75, 3.05) is 0 Å². The molecule has 2 aromatic carbocycles. The zero-order chi connectivity index (χ0) is 14.4. The number of alkyl halides is 1. The minimum atomic E-state index is -0.215.